The molecule has 0 aliphatic carbocycles. The number of nitriles is 1. The molecule has 37 heavy (non-hydrogen) atoms. The number of benzene rings is 3. The van der Waals surface area contributed by atoms with Gasteiger partial charge in [0.15, 0.2) is 0 Å². The van der Waals surface area contributed by atoms with Crippen LogP contribution in [0.1, 0.15) is 27.8 Å². The van der Waals surface area contributed by atoms with E-state index < -0.39 is 0 Å². The van der Waals surface area contributed by atoms with Gasteiger partial charge >= 0.3 is 0 Å². The lowest BCUT2D eigenvalue weighted by Crippen LogP contribution is -2.43. The number of hydrogen-bond acceptors (Lipinski definition) is 6. The maximum Gasteiger partial charge on any atom is 0.103 e. The molecule has 1 aliphatic rings. The van der Waals surface area contributed by atoms with Crippen LogP contribution in [-0.4, -0.2) is 53.2 Å². The van der Waals surface area contributed by atoms with E-state index in [1.165, 1.54) is 17.3 Å². The van der Waals surface area contributed by atoms with Crippen molar-refractivity contribution in [3.63, 3.8) is 0 Å². The van der Waals surface area contributed by atoms with Gasteiger partial charge in [0.05, 0.1) is 22.5 Å². The first-order chi connectivity index (χ1) is 17.8. The fourth-order valence-corrected chi connectivity index (χ4v) is 5.00. The van der Waals surface area contributed by atoms with Crippen LogP contribution in [0.4, 0.5) is 11.4 Å². The standard InChI is InChI=1S/C31H33N5O/c1-21-15-28(16-22(2)23(21)3)36(37)31-27(18-32)19-33-30-17-26(9-10-29(30)31)25-7-5-24(6-8-25)20-35-13-11-34(4)12-14-35/h5-10,15-17,19,37H,11-14,20H2,1-4H3. The predicted molar refractivity (Wildman–Crippen MR) is 149 cm³/mol. The van der Waals surface area contributed by atoms with Crippen LogP contribution in [0.25, 0.3) is 22.0 Å². The molecule has 6 heteroatoms. The van der Waals surface area contributed by atoms with Crippen molar-refractivity contribution in [3.8, 4) is 17.2 Å². The minimum Gasteiger partial charge on any atom is -0.304 e. The molecule has 0 unspecified atom stereocenters. The molecule has 1 aromatic heterocycles. The van der Waals surface area contributed by atoms with E-state index in [1.54, 1.807) is 0 Å². The largest absolute Gasteiger partial charge is 0.304 e. The molecule has 6 nitrogen and oxygen atoms in total. The van der Waals surface area contributed by atoms with Gasteiger partial charge in [-0.3, -0.25) is 15.1 Å². The summed E-state index contributed by atoms with van der Waals surface area (Å²) < 4.78 is 0. The Labute approximate surface area is 219 Å². The molecule has 188 valence electrons. The molecular weight excluding hydrogens is 458 g/mol. The minimum absolute atomic E-state index is 0.326. The van der Waals surface area contributed by atoms with Crippen LogP contribution < -0.4 is 5.06 Å². The highest BCUT2D eigenvalue weighted by Gasteiger charge is 2.18. The molecule has 5 rings (SSSR count). The molecule has 2 heterocycles. The third kappa shape index (κ3) is 5.07. The second-order valence-electron chi connectivity index (χ2n) is 10.2. The lowest BCUT2D eigenvalue weighted by Gasteiger charge is -2.32. The molecule has 0 radical (unpaired) electrons. The van der Waals surface area contributed by atoms with Crippen molar-refractivity contribution in [2.45, 2.75) is 27.3 Å². The number of likely N-dealkylation sites (N-methyl/N-ethyl adjacent to an activating group) is 1. The molecule has 0 spiro atoms. The first kappa shape index (κ1) is 24.9. The van der Waals surface area contributed by atoms with Crippen molar-refractivity contribution in [1.82, 2.24) is 14.8 Å². The third-order valence-corrected chi connectivity index (χ3v) is 7.62. The van der Waals surface area contributed by atoms with E-state index in [1.807, 2.05) is 44.2 Å². The molecule has 4 aromatic rings. The zero-order chi connectivity index (χ0) is 26.1. The summed E-state index contributed by atoms with van der Waals surface area (Å²) in [5.74, 6) is 0. The number of pyridine rings is 1. The molecule has 3 aromatic carbocycles. The highest BCUT2D eigenvalue weighted by molar-refractivity contribution is 5.97. The quantitative estimate of drug-likeness (QED) is 0.347. The maximum atomic E-state index is 11.3. The first-order valence-corrected chi connectivity index (χ1v) is 12.7. The normalized spacial score (nSPS) is 14.6. The van der Waals surface area contributed by atoms with Crippen LogP contribution in [0.5, 0.6) is 0 Å². The Bertz CT molecular complexity index is 1460. The average Bonchev–Trinajstić information content (AvgIpc) is 2.91. The summed E-state index contributed by atoms with van der Waals surface area (Å²) in [6.45, 7) is 11.5. The Morgan fingerprint density at radius 3 is 2.22 bits per heavy atom. The SMILES string of the molecule is Cc1cc(N(O)c2c(C#N)cnc3cc(-c4ccc(CN5CCN(C)CC5)cc4)ccc23)cc(C)c1C. The Hall–Kier alpha value is -3.76. The lowest BCUT2D eigenvalue weighted by molar-refractivity contribution is 0.148. The second-order valence-corrected chi connectivity index (χ2v) is 10.2. The van der Waals surface area contributed by atoms with Crippen LogP contribution >= 0.6 is 0 Å². The van der Waals surface area contributed by atoms with Gasteiger partial charge in [0, 0.05) is 44.3 Å². The van der Waals surface area contributed by atoms with Crippen molar-refractivity contribution < 1.29 is 5.21 Å². The Balaban J connectivity index is 1.45. The fourth-order valence-electron chi connectivity index (χ4n) is 5.00. The summed E-state index contributed by atoms with van der Waals surface area (Å²) in [7, 11) is 2.18. The summed E-state index contributed by atoms with van der Waals surface area (Å²) >= 11 is 0. The topological polar surface area (TPSA) is 66.6 Å². The molecule has 1 fully saturated rings. The van der Waals surface area contributed by atoms with E-state index in [0.29, 0.717) is 16.9 Å². The number of anilines is 2. The van der Waals surface area contributed by atoms with E-state index in [4.69, 9.17) is 0 Å². The second kappa shape index (κ2) is 10.3. The molecule has 0 bridgehead atoms. The van der Waals surface area contributed by atoms with Gasteiger partial charge in [-0.25, -0.2) is 5.06 Å². The molecule has 1 aliphatic heterocycles. The summed E-state index contributed by atoms with van der Waals surface area (Å²) in [6, 6.07) is 20.8. The Morgan fingerprint density at radius 1 is 0.919 bits per heavy atom. The number of hydrogen-bond donors (Lipinski definition) is 1. The highest BCUT2D eigenvalue weighted by Crippen LogP contribution is 2.36. The van der Waals surface area contributed by atoms with E-state index >= 15 is 0 Å². The van der Waals surface area contributed by atoms with Crippen molar-refractivity contribution in [2.75, 3.05) is 38.3 Å². The number of aryl methyl sites for hydroxylation is 2. The number of fused-ring (bicyclic) bond motifs is 1. The fraction of sp³-hybridized carbons (Fsp3) is 0.290. The maximum absolute atomic E-state index is 11.3. The number of rotatable bonds is 5. The zero-order valence-electron chi connectivity index (χ0n) is 22.0. The summed E-state index contributed by atoms with van der Waals surface area (Å²) in [6.07, 6.45) is 1.54. The molecule has 0 atom stereocenters. The lowest BCUT2D eigenvalue weighted by atomic mass is 10.00. The molecular formula is C31H33N5O. The zero-order valence-corrected chi connectivity index (χ0v) is 22.0. The predicted octanol–water partition coefficient (Wildman–Crippen LogP) is 5.97. The minimum atomic E-state index is 0.326. The van der Waals surface area contributed by atoms with Gasteiger partial charge in [0.1, 0.15) is 6.07 Å². The number of nitrogens with zero attached hydrogens (tertiary/aromatic N) is 5. The van der Waals surface area contributed by atoms with Crippen LogP contribution in [-0.2, 0) is 6.54 Å². The molecule has 0 saturated carbocycles. The van der Waals surface area contributed by atoms with E-state index in [2.05, 4.69) is 59.1 Å². The molecule has 0 amide bonds. The van der Waals surface area contributed by atoms with Gasteiger partial charge in [-0.2, -0.15) is 5.26 Å². The van der Waals surface area contributed by atoms with Gasteiger partial charge in [-0.1, -0.05) is 30.3 Å². The van der Waals surface area contributed by atoms with E-state index in [9.17, 15) is 10.5 Å². The number of piperazine rings is 1. The van der Waals surface area contributed by atoms with Crippen molar-refractivity contribution in [3.05, 3.63) is 88.6 Å². The van der Waals surface area contributed by atoms with E-state index in [0.717, 1.165) is 70.9 Å². The summed E-state index contributed by atoms with van der Waals surface area (Å²) in [4.78, 5) is 9.43. The number of aromatic nitrogens is 1. The Morgan fingerprint density at radius 2 is 1.57 bits per heavy atom. The summed E-state index contributed by atoms with van der Waals surface area (Å²) in [5, 5.41) is 22.9. The van der Waals surface area contributed by atoms with Gasteiger partial charge in [-0.05, 0) is 85.5 Å². The third-order valence-electron chi connectivity index (χ3n) is 7.62. The van der Waals surface area contributed by atoms with Gasteiger partial charge in [-0.15, -0.1) is 0 Å². The average molecular weight is 492 g/mol. The smallest absolute Gasteiger partial charge is 0.103 e. The monoisotopic (exact) mass is 491 g/mol. The Kier molecular flexibility index (Phi) is 6.94. The highest BCUT2D eigenvalue weighted by atomic mass is 16.5. The van der Waals surface area contributed by atoms with Crippen LogP contribution in [0.3, 0.4) is 0 Å². The van der Waals surface area contributed by atoms with Crippen LogP contribution in [0.2, 0.25) is 0 Å². The van der Waals surface area contributed by atoms with E-state index in [-0.39, 0.29) is 0 Å². The van der Waals surface area contributed by atoms with Gasteiger partial charge in [0.2, 0.25) is 0 Å². The van der Waals surface area contributed by atoms with Gasteiger partial charge < -0.3 is 4.90 Å². The van der Waals surface area contributed by atoms with Crippen LogP contribution in [0.15, 0.2) is 60.8 Å². The molecule has 1 saturated heterocycles. The van der Waals surface area contributed by atoms with Crippen LogP contribution in [0, 0.1) is 32.1 Å². The molecule has 1 N–H and O–H groups in total. The first-order valence-electron chi connectivity index (χ1n) is 12.7. The van der Waals surface area contributed by atoms with Crippen molar-refractivity contribution in [1.29, 1.82) is 5.26 Å². The van der Waals surface area contributed by atoms with Crippen molar-refractivity contribution in [2.24, 2.45) is 0 Å². The van der Waals surface area contributed by atoms with Gasteiger partial charge in [0.25, 0.3) is 0 Å². The van der Waals surface area contributed by atoms with Crippen molar-refractivity contribution >= 4 is 22.3 Å². The summed E-state index contributed by atoms with van der Waals surface area (Å²) in [5.41, 5.74) is 8.97.